The maximum absolute atomic E-state index is 14.1. The zero-order valence-electron chi connectivity index (χ0n) is 13.8. The van der Waals surface area contributed by atoms with Gasteiger partial charge in [0.05, 0.1) is 12.7 Å². The lowest BCUT2D eigenvalue weighted by Gasteiger charge is -2.61. The van der Waals surface area contributed by atoms with Crippen molar-refractivity contribution in [2.75, 3.05) is 43.1 Å². The molecule has 0 radical (unpaired) electrons. The molecule has 4 nitrogen and oxygen atoms in total. The van der Waals surface area contributed by atoms with E-state index < -0.39 is 11.8 Å². The predicted octanol–water partition coefficient (Wildman–Crippen LogP) is 3.70. The standard InChI is InChI=1S/C19H18BrFN2O2/c1-25-18(24)16-7-6-15(8-17(16)21)23-11-19(12-23)9-22(10-19)14-4-2-13(20)3-5-14/h2-8H,9-12H2,1H3. The van der Waals surface area contributed by atoms with E-state index in [4.69, 9.17) is 0 Å². The van der Waals surface area contributed by atoms with Crippen LogP contribution in [0.25, 0.3) is 0 Å². The van der Waals surface area contributed by atoms with Crippen molar-refractivity contribution in [3.63, 3.8) is 0 Å². The third-order valence-corrected chi connectivity index (χ3v) is 5.55. The summed E-state index contributed by atoms with van der Waals surface area (Å²) in [5.41, 5.74) is 2.33. The molecule has 2 aromatic rings. The Morgan fingerprint density at radius 3 is 2.16 bits per heavy atom. The minimum Gasteiger partial charge on any atom is -0.465 e. The number of ether oxygens (including phenoxy) is 1. The molecule has 0 amide bonds. The van der Waals surface area contributed by atoms with Crippen molar-refractivity contribution in [3.05, 3.63) is 58.3 Å². The normalized spacial score (nSPS) is 17.9. The Hall–Kier alpha value is -2.08. The Bertz CT molecular complexity index is 811. The van der Waals surface area contributed by atoms with Crippen LogP contribution in [-0.2, 0) is 4.74 Å². The molecule has 2 saturated heterocycles. The van der Waals surface area contributed by atoms with Crippen LogP contribution in [0.4, 0.5) is 15.8 Å². The molecular formula is C19H18BrFN2O2. The highest BCUT2D eigenvalue weighted by atomic mass is 79.9. The number of halogens is 2. The number of benzene rings is 2. The van der Waals surface area contributed by atoms with Gasteiger partial charge >= 0.3 is 5.97 Å². The van der Waals surface area contributed by atoms with Gasteiger partial charge in [-0.15, -0.1) is 0 Å². The average molecular weight is 405 g/mol. The smallest absolute Gasteiger partial charge is 0.340 e. The van der Waals surface area contributed by atoms with Crippen LogP contribution in [0.3, 0.4) is 0 Å². The van der Waals surface area contributed by atoms with Crippen LogP contribution < -0.4 is 9.80 Å². The highest BCUT2D eigenvalue weighted by Crippen LogP contribution is 2.44. The fraction of sp³-hybridized carbons (Fsp3) is 0.316. The molecule has 0 N–H and O–H groups in total. The summed E-state index contributed by atoms with van der Waals surface area (Å²) < 4.78 is 19.7. The fourth-order valence-electron chi connectivity index (χ4n) is 3.72. The van der Waals surface area contributed by atoms with Gasteiger partial charge in [0, 0.05) is 47.4 Å². The van der Waals surface area contributed by atoms with E-state index in [-0.39, 0.29) is 5.56 Å². The Morgan fingerprint density at radius 1 is 1.04 bits per heavy atom. The number of rotatable bonds is 3. The SMILES string of the molecule is COC(=O)c1ccc(N2CC3(CN(c4ccc(Br)cc4)C3)C2)cc1F. The molecule has 0 aliphatic carbocycles. The molecule has 25 heavy (non-hydrogen) atoms. The molecule has 0 saturated carbocycles. The molecule has 0 atom stereocenters. The second kappa shape index (κ2) is 6.02. The second-order valence-electron chi connectivity index (χ2n) is 6.84. The van der Waals surface area contributed by atoms with E-state index in [1.54, 1.807) is 6.07 Å². The number of hydrogen-bond donors (Lipinski definition) is 0. The lowest BCUT2D eigenvalue weighted by atomic mass is 9.72. The van der Waals surface area contributed by atoms with E-state index in [2.05, 4.69) is 54.7 Å². The molecule has 6 heteroatoms. The van der Waals surface area contributed by atoms with Crippen molar-refractivity contribution in [2.24, 2.45) is 5.41 Å². The van der Waals surface area contributed by atoms with Gasteiger partial charge in [-0.05, 0) is 42.5 Å². The highest BCUT2D eigenvalue weighted by molar-refractivity contribution is 9.10. The number of carbonyl (C=O) groups excluding carboxylic acids is 1. The molecule has 2 heterocycles. The first kappa shape index (κ1) is 16.4. The van der Waals surface area contributed by atoms with Gasteiger partial charge in [0.25, 0.3) is 0 Å². The second-order valence-corrected chi connectivity index (χ2v) is 7.76. The summed E-state index contributed by atoms with van der Waals surface area (Å²) in [6, 6.07) is 13.1. The zero-order chi connectivity index (χ0) is 17.6. The molecule has 1 spiro atoms. The molecule has 0 aromatic heterocycles. The zero-order valence-corrected chi connectivity index (χ0v) is 15.4. The van der Waals surface area contributed by atoms with Crippen molar-refractivity contribution < 1.29 is 13.9 Å². The lowest BCUT2D eigenvalue weighted by Crippen LogP contribution is -2.72. The largest absolute Gasteiger partial charge is 0.465 e. The number of esters is 1. The summed E-state index contributed by atoms with van der Waals surface area (Å²) >= 11 is 3.46. The Labute approximate surface area is 154 Å². The Kier molecular flexibility index (Phi) is 3.95. The fourth-order valence-corrected chi connectivity index (χ4v) is 3.98. The average Bonchev–Trinajstić information content (AvgIpc) is 2.53. The van der Waals surface area contributed by atoms with Crippen molar-refractivity contribution in [1.29, 1.82) is 0 Å². The Morgan fingerprint density at radius 2 is 1.60 bits per heavy atom. The minimum absolute atomic E-state index is 0.0217. The van der Waals surface area contributed by atoms with Gasteiger partial charge in [0.1, 0.15) is 5.82 Å². The first-order valence-electron chi connectivity index (χ1n) is 8.13. The van der Waals surface area contributed by atoms with Crippen LogP contribution in [0.2, 0.25) is 0 Å². The number of carbonyl (C=O) groups is 1. The summed E-state index contributed by atoms with van der Waals surface area (Å²) in [6.07, 6.45) is 0. The lowest BCUT2D eigenvalue weighted by molar-refractivity contribution is 0.0595. The maximum atomic E-state index is 14.1. The van der Waals surface area contributed by atoms with E-state index in [0.717, 1.165) is 36.3 Å². The van der Waals surface area contributed by atoms with Crippen LogP contribution >= 0.6 is 15.9 Å². The van der Waals surface area contributed by atoms with E-state index in [9.17, 15) is 9.18 Å². The van der Waals surface area contributed by atoms with E-state index in [1.807, 2.05) is 0 Å². The predicted molar refractivity (Wildman–Crippen MR) is 98.7 cm³/mol. The van der Waals surface area contributed by atoms with Crippen LogP contribution in [0.15, 0.2) is 46.9 Å². The van der Waals surface area contributed by atoms with Crippen LogP contribution in [0.1, 0.15) is 10.4 Å². The van der Waals surface area contributed by atoms with E-state index in [0.29, 0.717) is 5.41 Å². The molecule has 130 valence electrons. The van der Waals surface area contributed by atoms with Crippen LogP contribution in [-0.4, -0.2) is 39.3 Å². The summed E-state index contributed by atoms with van der Waals surface area (Å²) in [4.78, 5) is 16.0. The highest BCUT2D eigenvalue weighted by Gasteiger charge is 2.51. The van der Waals surface area contributed by atoms with Crippen molar-refractivity contribution in [1.82, 2.24) is 0 Å². The van der Waals surface area contributed by atoms with Gasteiger partial charge in [-0.3, -0.25) is 0 Å². The third-order valence-electron chi connectivity index (χ3n) is 5.02. The van der Waals surface area contributed by atoms with Gasteiger partial charge in [-0.25, -0.2) is 9.18 Å². The maximum Gasteiger partial charge on any atom is 0.340 e. The first-order valence-corrected chi connectivity index (χ1v) is 8.92. The van der Waals surface area contributed by atoms with Gasteiger partial charge in [-0.2, -0.15) is 0 Å². The van der Waals surface area contributed by atoms with Crippen molar-refractivity contribution in [3.8, 4) is 0 Å². The van der Waals surface area contributed by atoms with Crippen molar-refractivity contribution >= 4 is 33.3 Å². The van der Waals surface area contributed by atoms with E-state index >= 15 is 0 Å². The molecule has 0 bridgehead atoms. The molecule has 2 aliphatic heterocycles. The molecule has 2 aromatic carbocycles. The number of methoxy groups -OCH3 is 1. The first-order chi connectivity index (χ1) is 12.0. The van der Waals surface area contributed by atoms with Crippen LogP contribution in [0, 0.1) is 11.2 Å². The molecule has 4 rings (SSSR count). The molecular weight excluding hydrogens is 387 g/mol. The summed E-state index contributed by atoms with van der Waals surface area (Å²) in [6.45, 7) is 3.87. The molecule has 2 fully saturated rings. The number of nitrogens with zero attached hydrogens (tertiary/aromatic N) is 2. The topological polar surface area (TPSA) is 32.8 Å². The third kappa shape index (κ3) is 2.88. The van der Waals surface area contributed by atoms with Crippen molar-refractivity contribution in [2.45, 2.75) is 0 Å². The Balaban J connectivity index is 1.37. The molecule has 0 unspecified atom stereocenters. The van der Waals surface area contributed by atoms with Gasteiger partial charge < -0.3 is 14.5 Å². The number of hydrogen-bond acceptors (Lipinski definition) is 4. The summed E-state index contributed by atoms with van der Waals surface area (Å²) in [5.74, 6) is -1.18. The minimum atomic E-state index is -0.645. The van der Waals surface area contributed by atoms with E-state index in [1.165, 1.54) is 24.9 Å². The summed E-state index contributed by atoms with van der Waals surface area (Å²) in [7, 11) is 1.25. The van der Waals surface area contributed by atoms with Gasteiger partial charge in [0.2, 0.25) is 0 Å². The monoisotopic (exact) mass is 404 g/mol. The van der Waals surface area contributed by atoms with Crippen LogP contribution in [0.5, 0.6) is 0 Å². The quantitative estimate of drug-likeness (QED) is 0.730. The summed E-state index contributed by atoms with van der Waals surface area (Å²) in [5, 5.41) is 0. The molecule has 2 aliphatic rings. The number of anilines is 2. The van der Waals surface area contributed by atoms with Gasteiger partial charge in [-0.1, -0.05) is 15.9 Å². The van der Waals surface area contributed by atoms with Gasteiger partial charge in [0.15, 0.2) is 0 Å².